The molecule has 19 heavy (non-hydrogen) atoms. The third-order valence-electron chi connectivity index (χ3n) is 4.11. The molecule has 1 aliphatic rings. The van der Waals surface area contributed by atoms with Crippen LogP contribution in [0.5, 0.6) is 0 Å². The van der Waals surface area contributed by atoms with Crippen LogP contribution in [0.4, 0.5) is 0 Å². The van der Waals surface area contributed by atoms with Gasteiger partial charge < -0.3 is 5.32 Å². The Labute approximate surface area is 126 Å². The molecule has 1 aliphatic heterocycles. The van der Waals surface area contributed by atoms with Gasteiger partial charge in [0, 0.05) is 12.6 Å². The highest BCUT2D eigenvalue weighted by molar-refractivity contribution is 6.42. The molecule has 0 aliphatic carbocycles. The highest BCUT2D eigenvalue weighted by atomic mass is 35.5. The van der Waals surface area contributed by atoms with Crippen molar-refractivity contribution >= 4 is 23.2 Å². The van der Waals surface area contributed by atoms with E-state index in [0.717, 1.165) is 12.5 Å². The average Bonchev–Trinajstić information content (AvgIpc) is 2.81. The molecular formula is C16H23Cl2N. The van der Waals surface area contributed by atoms with Gasteiger partial charge in [-0.1, -0.05) is 56.0 Å². The first kappa shape index (κ1) is 15.2. The molecule has 2 rings (SSSR count). The van der Waals surface area contributed by atoms with Crippen molar-refractivity contribution in [3.05, 3.63) is 33.8 Å². The van der Waals surface area contributed by atoms with Crippen molar-refractivity contribution in [1.29, 1.82) is 0 Å². The van der Waals surface area contributed by atoms with E-state index in [9.17, 15) is 0 Å². The van der Waals surface area contributed by atoms with E-state index >= 15 is 0 Å². The van der Waals surface area contributed by atoms with Crippen LogP contribution < -0.4 is 5.32 Å². The molecule has 0 aromatic heterocycles. The molecule has 0 amide bonds. The molecule has 1 heterocycles. The van der Waals surface area contributed by atoms with Crippen LogP contribution in [0.15, 0.2) is 18.2 Å². The van der Waals surface area contributed by atoms with Crippen LogP contribution in [0.2, 0.25) is 10.0 Å². The summed E-state index contributed by atoms with van der Waals surface area (Å²) in [6, 6.07) is 6.69. The fraction of sp³-hybridized carbons (Fsp3) is 0.625. The summed E-state index contributed by atoms with van der Waals surface area (Å²) in [6.07, 6.45) is 5.11. The quantitative estimate of drug-likeness (QED) is 0.781. The maximum atomic E-state index is 6.10. The van der Waals surface area contributed by atoms with Gasteiger partial charge >= 0.3 is 0 Å². The van der Waals surface area contributed by atoms with Crippen molar-refractivity contribution in [1.82, 2.24) is 5.32 Å². The van der Waals surface area contributed by atoms with E-state index in [1.54, 1.807) is 0 Å². The van der Waals surface area contributed by atoms with Gasteiger partial charge in [-0.15, -0.1) is 0 Å². The van der Waals surface area contributed by atoms with Crippen molar-refractivity contribution in [2.75, 3.05) is 6.54 Å². The fourth-order valence-electron chi connectivity index (χ4n) is 3.12. The van der Waals surface area contributed by atoms with Crippen LogP contribution in [0, 0.1) is 5.92 Å². The van der Waals surface area contributed by atoms with Crippen LogP contribution in [-0.2, 0) is 0 Å². The Morgan fingerprint density at radius 2 is 2.11 bits per heavy atom. The largest absolute Gasteiger partial charge is 0.313 e. The van der Waals surface area contributed by atoms with Gasteiger partial charge in [-0.3, -0.25) is 0 Å². The topological polar surface area (TPSA) is 12.0 Å². The smallest absolute Gasteiger partial charge is 0.0595 e. The zero-order chi connectivity index (χ0) is 13.8. The standard InChI is InChI=1S/C16H23Cl2N/c1-3-4-11(2)7-14-8-13(10-19-14)12-5-6-15(17)16(18)9-12/h5-6,9,11,13-14,19H,3-4,7-8,10H2,1-2H3. The normalized spacial score (nSPS) is 24.6. The molecule has 3 unspecified atom stereocenters. The third kappa shape index (κ3) is 4.11. The summed E-state index contributed by atoms with van der Waals surface area (Å²) in [6.45, 7) is 5.68. The van der Waals surface area contributed by atoms with Crippen molar-refractivity contribution in [3.63, 3.8) is 0 Å². The highest BCUT2D eigenvalue weighted by Crippen LogP contribution is 2.32. The SMILES string of the molecule is CCCC(C)CC1CC(c2ccc(Cl)c(Cl)c2)CN1. The fourth-order valence-corrected chi connectivity index (χ4v) is 3.42. The first-order chi connectivity index (χ1) is 9.10. The minimum absolute atomic E-state index is 0.577. The molecule has 1 aromatic carbocycles. The van der Waals surface area contributed by atoms with E-state index in [2.05, 4.69) is 25.2 Å². The van der Waals surface area contributed by atoms with E-state index in [-0.39, 0.29) is 0 Å². The Balaban J connectivity index is 1.92. The molecule has 1 aromatic rings. The Morgan fingerprint density at radius 1 is 1.32 bits per heavy atom. The molecule has 1 nitrogen and oxygen atoms in total. The molecule has 1 fully saturated rings. The summed E-state index contributed by atoms with van der Waals surface area (Å²) in [4.78, 5) is 0. The number of halogens is 2. The molecule has 0 bridgehead atoms. The summed E-state index contributed by atoms with van der Waals surface area (Å²) in [5.41, 5.74) is 1.31. The summed E-state index contributed by atoms with van der Waals surface area (Å²) >= 11 is 12.1. The van der Waals surface area contributed by atoms with Crippen LogP contribution in [0.25, 0.3) is 0 Å². The summed E-state index contributed by atoms with van der Waals surface area (Å²) in [7, 11) is 0. The van der Waals surface area contributed by atoms with Gasteiger partial charge in [0.25, 0.3) is 0 Å². The number of rotatable bonds is 5. The maximum Gasteiger partial charge on any atom is 0.0595 e. The zero-order valence-electron chi connectivity index (χ0n) is 11.8. The van der Waals surface area contributed by atoms with E-state index in [1.807, 2.05) is 12.1 Å². The van der Waals surface area contributed by atoms with Crippen molar-refractivity contribution in [2.24, 2.45) is 5.92 Å². The molecule has 3 heteroatoms. The summed E-state index contributed by atoms with van der Waals surface area (Å²) in [5, 5.41) is 4.96. The second kappa shape index (κ2) is 6.97. The van der Waals surface area contributed by atoms with Gasteiger partial charge in [-0.05, 0) is 42.4 Å². The predicted octanol–water partition coefficient (Wildman–Crippen LogP) is 5.27. The molecule has 3 atom stereocenters. The molecule has 0 radical (unpaired) electrons. The monoisotopic (exact) mass is 299 g/mol. The minimum Gasteiger partial charge on any atom is -0.313 e. The van der Waals surface area contributed by atoms with Gasteiger partial charge in [0.1, 0.15) is 0 Å². The lowest BCUT2D eigenvalue weighted by Gasteiger charge is -2.16. The van der Waals surface area contributed by atoms with E-state index in [1.165, 1.54) is 31.2 Å². The maximum absolute atomic E-state index is 6.10. The van der Waals surface area contributed by atoms with Gasteiger partial charge in [0.2, 0.25) is 0 Å². The Morgan fingerprint density at radius 3 is 2.79 bits per heavy atom. The summed E-state index contributed by atoms with van der Waals surface area (Å²) < 4.78 is 0. The molecule has 0 spiro atoms. The Kier molecular flexibility index (Phi) is 5.56. The van der Waals surface area contributed by atoms with Gasteiger partial charge in [-0.25, -0.2) is 0 Å². The summed E-state index contributed by atoms with van der Waals surface area (Å²) in [5.74, 6) is 1.39. The lowest BCUT2D eigenvalue weighted by Crippen LogP contribution is -2.23. The third-order valence-corrected chi connectivity index (χ3v) is 4.84. The molecule has 1 N–H and O–H groups in total. The van der Waals surface area contributed by atoms with Crippen LogP contribution in [-0.4, -0.2) is 12.6 Å². The van der Waals surface area contributed by atoms with Gasteiger partial charge in [0.05, 0.1) is 10.0 Å². The number of nitrogens with one attached hydrogen (secondary N) is 1. The predicted molar refractivity (Wildman–Crippen MR) is 84.3 cm³/mol. The highest BCUT2D eigenvalue weighted by Gasteiger charge is 2.26. The number of hydrogen-bond donors (Lipinski definition) is 1. The minimum atomic E-state index is 0.577. The number of hydrogen-bond acceptors (Lipinski definition) is 1. The van der Waals surface area contributed by atoms with Crippen molar-refractivity contribution in [3.8, 4) is 0 Å². The van der Waals surface area contributed by atoms with Crippen molar-refractivity contribution < 1.29 is 0 Å². The first-order valence-electron chi connectivity index (χ1n) is 7.28. The van der Waals surface area contributed by atoms with Crippen LogP contribution in [0.3, 0.4) is 0 Å². The average molecular weight is 300 g/mol. The van der Waals surface area contributed by atoms with Crippen molar-refractivity contribution in [2.45, 2.75) is 51.5 Å². The zero-order valence-corrected chi connectivity index (χ0v) is 13.3. The van der Waals surface area contributed by atoms with Crippen LogP contribution in [0.1, 0.15) is 51.0 Å². The first-order valence-corrected chi connectivity index (χ1v) is 8.04. The lowest BCUT2D eigenvalue weighted by atomic mass is 9.91. The molecule has 0 saturated carbocycles. The van der Waals surface area contributed by atoms with E-state index in [0.29, 0.717) is 22.0 Å². The molecular weight excluding hydrogens is 277 g/mol. The van der Waals surface area contributed by atoms with E-state index in [4.69, 9.17) is 23.2 Å². The Bertz CT molecular complexity index is 419. The molecule has 106 valence electrons. The second-order valence-corrected chi connectivity index (χ2v) is 6.66. The van der Waals surface area contributed by atoms with Gasteiger partial charge in [-0.2, -0.15) is 0 Å². The Hall–Kier alpha value is -0.240. The number of benzene rings is 1. The van der Waals surface area contributed by atoms with Crippen LogP contribution >= 0.6 is 23.2 Å². The molecule has 1 saturated heterocycles. The van der Waals surface area contributed by atoms with E-state index < -0.39 is 0 Å². The lowest BCUT2D eigenvalue weighted by molar-refractivity contribution is 0.411. The second-order valence-electron chi connectivity index (χ2n) is 5.84. The van der Waals surface area contributed by atoms with Gasteiger partial charge in [0.15, 0.2) is 0 Å².